The largest absolute Gasteiger partial charge is 0.368 e. The Kier molecular flexibility index (Phi) is 7.60. The molecule has 1 aliphatic heterocycles. The van der Waals surface area contributed by atoms with Gasteiger partial charge in [0.1, 0.15) is 12.1 Å². The first kappa shape index (κ1) is 26.0. The SMILES string of the molecule is NC(=O)C(Cc1c[nH]c2ccccc12)NC(=O)C1CN(C(=O)Nc2ccccc2)CCN1C(=O)c1cccs1. The first-order valence-electron chi connectivity index (χ1n) is 12.5. The van der Waals surface area contributed by atoms with Gasteiger partial charge in [-0.25, -0.2) is 4.79 Å². The molecule has 1 fully saturated rings. The lowest BCUT2D eigenvalue weighted by atomic mass is 10.0. The zero-order chi connectivity index (χ0) is 27.4. The molecule has 5 N–H and O–H groups in total. The van der Waals surface area contributed by atoms with Gasteiger partial charge in [-0.15, -0.1) is 11.3 Å². The van der Waals surface area contributed by atoms with Gasteiger partial charge in [0.2, 0.25) is 11.8 Å². The number of primary amides is 1. The minimum atomic E-state index is -1.01. The van der Waals surface area contributed by atoms with Crippen LogP contribution in [0.25, 0.3) is 10.9 Å². The number of H-pyrrole nitrogens is 1. The van der Waals surface area contributed by atoms with E-state index in [1.807, 2.05) is 30.3 Å². The number of piperazine rings is 1. The number of urea groups is 1. The number of aromatic amines is 1. The Labute approximate surface area is 228 Å². The summed E-state index contributed by atoms with van der Waals surface area (Å²) in [5, 5.41) is 8.29. The molecular weight excluding hydrogens is 516 g/mol. The van der Waals surface area contributed by atoms with Crippen molar-refractivity contribution in [2.75, 3.05) is 25.0 Å². The van der Waals surface area contributed by atoms with Crippen LogP contribution < -0.4 is 16.4 Å². The Morgan fingerprint density at radius 2 is 1.77 bits per heavy atom. The molecule has 4 aromatic rings. The van der Waals surface area contributed by atoms with Crippen molar-refractivity contribution in [3.8, 4) is 0 Å². The van der Waals surface area contributed by atoms with E-state index in [4.69, 9.17) is 5.73 Å². The molecule has 1 aliphatic rings. The molecule has 0 bridgehead atoms. The number of carbonyl (C=O) groups is 4. The number of nitrogens with zero attached hydrogens (tertiary/aromatic N) is 2. The van der Waals surface area contributed by atoms with Gasteiger partial charge in [0.05, 0.1) is 11.4 Å². The predicted octanol–water partition coefficient (Wildman–Crippen LogP) is 2.80. The second kappa shape index (κ2) is 11.4. The first-order valence-corrected chi connectivity index (χ1v) is 13.4. The third-order valence-corrected chi connectivity index (χ3v) is 7.60. The average molecular weight is 545 g/mol. The van der Waals surface area contributed by atoms with Crippen LogP contribution in [0.15, 0.2) is 78.3 Å². The lowest BCUT2D eigenvalue weighted by Gasteiger charge is -2.40. The molecule has 200 valence electrons. The highest BCUT2D eigenvalue weighted by molar-refractivity contribution is 7.12. The Bertz CT molecular complexity index is 1490. The number of nitrogens with two attached hydrogens (primary N) is 1. The average Bonchev–Trinajstić information content (AvgIpc) is 3.63. The summed E-state index contributed by atoms with van der Waals surface area (Å²) in [5.41, 5.74) is 8.04. The molecule has 0 radical (unpaired) electrons. The van der Waals surface area contributed by atoms with Gasteiger partial charge in [-0.2, -0.15) is 0 Å². The van der Waals surface area contributed by atoms with Crippen molar-refractivity contribution in [1.29, 1.82) is 0 Å². The Balaban J connectivity index is 1.36. The van der Waals surface area contributed by atoms with Crippen LogP contribution in [0.4, 0.5) is 10.5 Å². The van der Waals surface area contributed by atoms with E-state index in [0.717, 1.165) is 16.5 Å². The molecule has 0 saturated carbocycles. The molecule has 2 aromatic carbocycles. The van der Waals surface area contributed by atoms with Crippen LogP contribution in [-0.4, -0.2) is 70.3 Å². The topological polar surface area (TPSA) is 141 Å². The molecule has 0 spiro atoms. The highest BCUT2D eigenvalue weighted by Gasteiger charge is 2.39. The number of amides is 5. The number of rotatable bonds is 7. The number of fused-ring (bicyclic) bond motifs is 1. The fourth-order valence-electron chi connectivity index (χ4n) is 4.71. The van der Waals surface area contributed by atoms with Crippen molar-refractivity contribution >= 4 is 51.7 Å². The van der Waals surface area contributed by atoms with Gasteiger partial charge in [-0.1, -0.05) is 42.5 Å². The van der Waals surface area contributed by atoms with Crippen LogP contribution in [0.3, 0.4) is 0 Å². The fraction of sp³-hybridized carbons (Fsp3) is 0.214. The number of benzene rings is 2. The van der Waals surface area contributed by atoms with E-state index in [0.29, 0.717) is 10.6 Å². The maximum atomic E-state index is 13.6. The summed E-state index contributed by atoms with van der Waals surface area (Å²) in [6.07, 6.45) is 1.96. The van der Waals surface area contributed by atoms with Crippen molar-refractivity contribution in [1.82, 2.24) is 20.1 Å². The number of anilines is 1. The second-order valence-electron chi connectivity index (χ2n) is 9.26. The quantitative estimate of drug-likeness (QED) is 0.284. The number of aromatic nitrogens is 1. The number of thiophene rings is 1. The van der Waals surface area contributed by atoms with Gasteiger partial charge < -0.3 is 31.2 Å². The Hall–Kier alpha value is -4.64. The van der Waals surface area contributed by atoms with Gasteiger partial charge in [0.25, 0.3) is 5.91 Å². The second-order valence-corrected chi connectivity index (χ2v) is 10.2. The third-order valence-electron chi connectivity index (χ3n) is 6.75. The minimum absolute atomic E-state index is 0.0415. The number of nitrogens with one attached hydrogen (secondary N) is 3. The van der Waals surface area contributed by atoms with Crippen LogP contribution in [-0.2, 0) is 16.0 Å². The summed E-state index contributed by atoms with van der Waals surface area (Å²) in [6.45, 7) is 0.356. The van der Waals surface area contributed by atoms with Crippen molar-refractivity contribution < 1.29 is 19.2 Å². The summed E-state index contributed by atoms with van der Waals surface area (Å²) < 4.78 is 0. The van der Waals surface area contributed by atoms with E-state index in [1.165, 1.54) is 21.1 Å². The summed E-state index contributed by atoms with van der Waals surface area (Å²) in [6, 6.07) is 17.7. The monoisotopic (exact) mass is 544 g/mol. The lowest BCUT2D eigenvalue weighted by Crippen LogP contribution is -2.63. The molecule has 5 amide bonds. The maximum absolute atomic E-state index is 13.6. The van der Waals surface area contributed by atoms with E-state index >= 15 is 0 Å². The molecule has 11 heteroatoms. The van der Waals surface area contributed by atoms with Crippen LogP contribution in [0.2, 0.25) is 0 Å². The van der Waals surface area contributed by atoms with Crippen molar-refractivity contribution in [3.63, 3.8) is 0 Å². The number of para-hydroxylation sites is 2. The number of hydrogen-bond acceptors (Lipinski definition) is 5. The zero-order valence-electron chi connectivity index (χ0n) is 21.0. The van der Waals surface area contributed by atoms with Crippen LogP contribution in [0.5, 0.6) is 0 Å². The molecule has 0 aliphatic carbocycles. The minimum Gasteiger partial charge on any atom is -0.368 e. The van der Waals surface area contributed by atoms with Crippen LogP contribution in [0.1, 0.15) is 15.2 Å². The van der Waals surface area contributed by atoms with E-state index in [2.05, 4.69) is 15.6 Å². The van der Waals surface area contributed by atoms with E-state index < -0.39 is 23.9 Å². The normalized spacial score (nSPS) is 16.1. The standard InChI is InChI=1S/C28H28N6O4S/c29-25(35)22(15-18-16-30-21-10-5-4-9-20(18)21)32-26(36)23-17-33(28(38)31-19-7-2-1-3-8-19)12-13-34(23)27(37)24-11-6-14-39-24/h1-11,14,16,22-23,30H,12-13,15,17H2,(H2,29,35)(H,31,38)(H,32,36). The zero-order valence-corrected chi connectivity index (χ0v) is 21.8. The van der Waals surface area contributed by atoms with Gasteiger partial charge in [-0.3, -0.25) is 14.4 Å². The van der Waals surface area contributed by atoms with Crippen molar-refractivity contribution in [2.24, 2.45) is 5.73 Å². The lowest BCUT2D eigenvalue weighted by molar-refractivity contribution is -0.131. The van der Waals surface area contributed by atoms with Crippen molar-refractivity contribution in [3.05, 3.63) is 88.7 Å². The van der Waals surface area contributed by atoms with Crippen LogP contribution >= 0.6 is 11.3 Å². The first-order chi connectivity index (χ1) is 18.9. The highest BCUT2D eigenvalue weighted by atomic mass is 32.1. The number of hydrogen-bond donors (Lipinski definition) is 4. The summed E-state index contributed by atoms with van der Waals surface area (Å²) in [5.74, 6) is -1.56. The van der Waals surface area contributed by atoms with Gasteiger partial charge in [0.15, 0.2) is 0 Å². The molecule has 2 atom stereocenters. The molecular formula is C28H28N6O4S. The summed E-state index contributed by atoms with van der Waals surface area (Å²) >= 11 is 1.28. The smallest absolute Gasteiger partial charge is 0.321 e. The molecule has 39 heavy (non-hydrogen) atoms. The molecule has 10 nitrogen and oxygen atoms in total. The Morgan fingerprint density at radius 3 is 2.51 bits per heavy atom. The molecule has 1 saturated heterocycles. The third kappa shape index (κ3) is 5.78. The number of carbonyl (C=O) groups excluding carboxylic acids is 4. The van der Waals surface area contributed by atoms with E-state index in [-0.39, 0.29) is 38.0 Å². The molecule has 5 rings (SSSR count). The molecule has 2 aromatic heterocycles. The van der Waals surface area contributed by atoms with Gasteiger partial charge >= 0.3 is 6.03 Å². The summed E-state index contributed by atoms with van der Waals surface area (Å²) in [7, 11) is 0. The maximum Gasteiger partial charge on any atom is 0.321 e. The van der Waals surface area contributed by atoms with E-state index in [1.54, 1.807) is 48.0 Å². The fourth-order valence-corrected chi connectivity index (χ4v) is 5.39. The van der Waals surface area contributed by atoms with Crippen molar-refractivity contribution in [2.45, 2.75) is 18.5 Å². The summed E-state index contributed by atoms with van der Waals surface area (Å²) in [4.78, 5) is 59.0. The van der Waals surface area contributed by atoms with E-state index in [9.17, 15) is 19.2 Å². The Morgan fingerprint density at radius 1 is 1.00 bits per heavy atom. The molecule has 2 unspecified atom stereocenters. The molecule has 3 heterocycles. The van der Waals surface area contributed by atoms with Gasteiger partial charge in [0, 0.05) is 42.3 Å². The predicted molar refractivity (Wildman–Crippen MR) is 149 cm³/mol. The van der Waals surface area contributed by atoms with Crippen LogP contribution in [0, 0.1) is 0 Å². The highest BCUT2D eigenvalue weighted by Crippen LogP contribution is 2.21. The van der Waals surface area contributed by atoms with Gasteiger partial charge in [-0.05, 0) is 35.2 Å².